The summed E-state index contributed by atoms with van der Waals surface area (Å²) in [5, 5.41) is 2.99. The molecule has 0 aromatic heterocycles. The number of rotatable bonds is 6. The molecular weight excluding hydrogens is 534 g/mol. The lowest BCUT2D eigenvalue weighted by Gasteiger charge is -2.44. The highest BCUT2D eigenvalue weighted by molar-refractivity contribution is 5.99. The van der Waals surface area contributed by atoms with E-state index in [1.165, 1.54) is 5.56 Å². The molecule has 9 nitrogen and oxygen atoms in total. The zero-order valence-electron chi connectivity index (χ0n) is 23.9. The molecule has 6 rings (SSSR count). The molecule has 0 bridgehead atoms. The predicted octanol–water partition coefficient (Wildman–Crippen LogP) is 4.08. The summed E-state index contributed by atoms with van der Waals surface area (Å²) in [6.45, 7) is 5.37. The molecule has 218 valence electrons. The fourth-order valence-electron chi connectivity index (χ4n) is 5.97. The number of fused-ring (bicyclic) bond motifs is 1. The van der Waals surface area contributed by atoms with Gasteiger partial charge in [-0.05, 0) is 60.9 Å². The Morgan fingerprint density at radius 1 is 0.881 bits per heavy atom. The topological polar surface area (TPSA) is 97.4 Å². The number of carbonyl (C=O) groups is 3. The summed E-state index contributed by atoms with van der Waals surface area (Å²) in [6.07, 6.45) is 1.73. The summed E-state index contributed by atoms with van der Waals surface area (Å²) in [7, 11) is 0. The van der Waals surface area contributed by atoms with Crippen LogP contribution in [0.5, 0.6) is 11.5 Å². The highest BCUT2D eigenvalue weighted by Crippen LogP contribution is 2.39. The van der Waals surface area contributed by atoms with Crippen LogP contribution >= 0.6 is 0 Å². The van der Waals surface area contributed by atoms with Crippen molar-refractivity contribution < 1.29 is 28.6 Å². The van der Waals surface area contributed by atoms with Gasteiger partial charge in [-0.25, -0.2) is 0 Å². The van der Waals surface area contributed by atoms with Gasteiger partial charge in [0.1, 0.15) is 11.8 Å². The Balaban J connectivity index is 1.20. The van der Waals surface area contributed by atoms with E-state index in [0.717, 1.165) is 17.5 Å². The minimum Gasteiger partial charge on any atom is -0.454 e. The van der Waals surface area contributed by atoms with E-state index in [2.05, 4.69) is 12.2 Å². The van der Waals surface area contributed by atoms with Gasteiger partial charge in [-0.15, -0.1) is 0 Å². The Hall–Kier alpha value is -4.37. The van der Waals surface area contributed by atoms with Crippen LogP contribution in [0.25, 0.3) is 0 Å². The number of hydrogen-bond donors (Lipinski definition) is 1. The minimum absolute atomic E-state index is 0.0416. The van der Waals surface area contributed by atoms with Crippen LogP contribution in [0.15, 0.2) is 66.7 Å². The van der Waals surface area contributed by atoms with Crippen LogP contribution < -0.4 is 14.8 Å². The van der Waals surface area contributed by atoms with Gasteiger partial charge < -0.3 is 24.4 Å². The molecule has 1 atom stereocenters. The van der Waals surface area contributed by atoms with Gasteiger partial charge in [0.15, 0.2) is 11.5 Å². The fourth-order valence-corrected chi connectivity index (χ4v) is 5.97. The minimum atomic E-state index is -0.982. The third kappa shape index (κ3) is 5.32. The number of piperidine rings is 1. The summed E-state index contributed by atoms with van der Waals surface area (Å²) in [5.74, 6) is 0.729. The Morgan fingerprint density at radius 3 is 2.36 bits per heavy atom. The fraction of sp³-hybridized carbons (Fsp3) is 0.364. The maximum atomic E-state index is 14.0. The Labute approximate surface area is 245 Å². The Kier molecular flexibility index (Phi) is 7.60. The Bertz CT molecular complexity index is 1500. The zero-order chi connectivity index (χ0) is 29.3. The van der Waals surface area contributed by atoms with Crippen molar-refractivity contribution in [1.29, 1.82) is 0 Å². The maximum absolute atomic E-state index is 14.0. The van der Waals surface area contributed by atoms with Crippen molar-refractivity contribution in [2.24, 2.45) is 0 Å². The number of benzene rings is 3. The van der Waals surface area contributed by atoms with E-state index in [9.17, 15) is 14.4 Å². The van der Waals surface area contributed by atoms with E-state index < -0.39 is 11.8 Å². The molecule has 3 aromatic carbocycles. The van der Waals surface area contributed by atoms with Crippen molar-refractivity contribution in [2.45, 2.75) is 51.4 Å². The van der Waals surface area contributed by atoms with Crippen molar-refractivity contribution >= 4 is 17.7 Å². The van der Waals surface area contributed by atoms with Gasteiger partial charge >= 0.3 is 0 Å². The summed E-state index contributed by atoms with van der Waals surface area (Å²) in [4.78, 5) is 44.3. The SMILES string of the molecule is CCc1ccc(C(=O)N2CCC3(CC2)OCC(C(=O)NCc2ccc4c(c2)OCO4)N3C(=O)c2cccc(C)c2)cc1. The smallest absolute Gasteiger partial charge is 0.256 e. The van der Waals surface area contributed by atoms with E-state index in [1.54, 1.807) is 15.9 Å². The first-order chi connectivity index (χ1) is 20.4. The van der Waals surface area contributed by atoms with Crippen LogP contribution in [-0.2, 0) is 22.5 Å². The van der Waals surface area contributed by atoms with E-state index in [-0.39, 0.29) is 37.7 Å². The number of ether oxygens (including phenoxy) is 3. The van der Waals surface area contributed by atoms with Crippen molar-refractivity contribution in [3.05, 3.63) is 94.5 Å². The molecule has 0 aliphatic carbocycles. The molecule has 3 aliphatic heterocycles. The first kappa shape index (κ1) is 27.8. The quantitative estimate of drug-likeness (QED) is 0.481. The molecule has 3 aliphatic rings. The first-order valence-electron chi connectivity index (χ1n) is 14.5. The number of hydrogen-bond acceptors (Lipinski definition) is 6. The van der Waals surface area contributed by atoms with Crippen LogP contribution in [0.2, 0.25) is 0 Å². The van der Waals surface area contributed by atoms with E-state index in [0.29, 0.717) is 48.6 Å². The molecule has 3 aromatic rings. The number of likely N-dealkylation sites (tertiary alicyclic amines) is 1. The molecule has 42 heavy (non-hydrogen) atoms. The van der Waals surface area contributed by atoms with Gasteiger partial charge in [-0.1, -0.05) is 42.8 Å². The molecule has 2 fully saturated rings. The van der Waals surface area contributed by atoms with Gasteiger partial charge in [0.2, 0.25) is 12.7 Å². The lowest BCUT2D eigenvalue weighted by molar-refractivity contribution is -0.128. The second kappa shape index (κ2) is 11.5. The largest absolute Gasteiger partial charge is 0.454 e. The summed E-state index contributed by atoms with van der Waals surface area (Å²) < 4.78 is 17.2. The number of amides is 3. The van der Waals surface area contributed by atoms with Crippen molar-refractivity contribution in [2.75, 3.05) is 26.5 Å². The molecule has 0 saturated carbocycles. The normalized spacial score (nSPS) is 18.8. The highest BCUT2D eigenvalue weighted by Gasteiger charge is 2.54. The van der Waals surface area contributed by atoms with Crippen molar-refractivity contribution in [3.63, 3.8) is 0 Å². The Morgan fingerprint density at radius 2 is 1.62 bits per heavy atom. The van der Waals surface area contributed by atoms with E-state index in [1.807, 2.05) is 67.6 Å². The van der Waals surface area contributed by atoms with Crippen LogP contribution in [0, 0.1) is 6.92 Å². The second-order valence-electron chi connectivity index (χ2n) is 11.1. The van der Waals surface area contributed by atoms with Crippen molar-refractivity contribution in [1.82, 2.24) is 15.1 Å². The lowest BCUT2D eigenvalue weighted by Crippen LogP contribution is -2.59. The molecule has 3 amide bonds. The number of carbonyl (C=O) groups excluding carboxylic acids is 3. The number of nitrogens with zero attached hydrogens (tertiary/aromatic N) is 2. The van der Waals surface area contributed by atoms with Crippen LogP contribution in [0.4, 0.5) is 0 Å². The number of aryl methyl sites for hydroxylation is 2. The third-order valence-electron chi connectivity index (χ3n) is 8.39. The molecule has 3 heterocycles. The maximum Gasteiger partial charge on any atom is 0.256 e. The van der Waals surface area contributed by atoms with Crippen LogP contribution in [0.3, 0.4) is 0 Å². The van der Waals surface area contributed by atoms with Crippen LogP contribution in [-0.4, -0.2) is 65.8 Å². The number of nitrogens with one attached hydrogen (secondary N) is 1. The highest BCUT2D eigenvalue weighted by atomic mass is 16.7. The second-order valence-corrected chi connectivity index (χ2v) is 11.1. The van der Waals surface area contributed by atoms with Gasteiger partial charge in [-0.2, -0.15) is 0 Å². The van der Waals surface area contributed by atoms with Gasteiger partial charge in [0.25, 0.3) is 11.8 Å². The van der Waals surface area contributed by atoms with Crippen LogP contribution in [0.1, 0.15) is 57.2 Å². The van der Waals surface area contributed by atoms with E-state index >= 15 is 0 Å². The van der Waals surface area contributed by atoms with Crippen molar-refractivity contribution in [3.8, 4) is 11.5 Å². The first-order valence-corrected chi connectivity index (χ1v) is 14.5. The molecule has 1 N–H and O–H groups in total. The zero-order valence-corrected chi connectivity index (χ0v) is 23.9. The molecular formula is C33H35N3O6. The summed E-state index contributed by atoms with van der Waals surface area (Å²) in [5.41, 5.74) is 3.15. The van der Waals surface area contributed by atoms with Gasteiger partial charge in [-0.3, -0.25) is 19.3 Å². The standard InChI is InChI=1S/C33H35N3O6/c1-3-23-7-10-25(11-8-23)31(38)35-15-13-33(14-16-35)36(32(39)26-6-4-5-22(2)17-26)27(20-42-33)30(37)34-19-24-9-12-28-29(18-24)41-21-40-28/h4-12,17-18,27H,3,13-16,19-21H2,1-2H3,(H,34,37). The third-order valence-corrected chi connectivity index (χ3v) is 8.39. The molecule has 1 spiro atoms. The average Bonchev–Trinajstić information content (AvgIpc) is 3.64. The molecule has 9 heteroatoms. The summed E-state index contributed by atoms with van der Waals surface area (Å²) in [6, 6.07) is 19.8. The monoisotopic (exact) mass is 569 g/mol. The summed E-state index contributed by atoms with van der Waals surface area (Å²) >= 11 is 0. The molecule has 2 saturated heterocycles. The lowest BCUT2D eigenvalue weighted by atomic mass is 9.95. The van der Waals surface area contributed by atoms with Gasteiger partial charge in [0, 0.05) is 43.6 Å². The predicted molar refractivity (Wildman–Crippen MR) is 155 cm³/mol. The molecule has 1 unspecified atom stereocenters. The van der Waals surface area contributed by atoms with Gasteiger partial charge in [0.05, 0.1) is 6.61 Å². The van der Waals surface area contributed by atoms with E-state index in [4.69, 9.17) is 14.2 Å². The molecule has 0 radical (unpaired) electrons. The average molecular weight is 570 g/mol.